The molecule has 0 aliphatic heterocycles. The van der Waals surface area contributed by atoms with Gasteiger partial charge in [0.1, 0.15) is 0 Å². The van der Waals surface area contributed by atoms with E-state index in [-0.39, 0.29) is 28.6 Å². The minimum Gasteiger partial charge on any atom is -0.465 e. The summed E-state index contributed by atoms with van der Waals surface area (Å²) >= 11 is 0. The molecule has 1 aliphatic carbocycles. The number of nitrogens with one attached hydrogen (secondary N) is 1. The maximum atomic E-state index is 13.8. The number of carbonyl (C=O) groups excluding carboxylic acids is 1. The van der Waals surface area contributed by atoms with Gasteiger partial charge in [-0.15, -0.1) is 0 Å². The normalized spacial score (nSPS) is 14.8. The molecule has 1 saturated carbocycles. The van der Waals surface area contributed by atoms with Gasteiger partial charge in [0.05, 0.1) is 17.6 Å². The molecular weight excluding hydrogens is 440 g/mol. The molecule has 0 radical (unpaired) electrons. The van der Waals surface area contributed by atoms with Gasteiger partial charge in [0, 0.05) is 23.7 Å². The van der Waals surface area contributed by atoms with Crippen LogP contribution in [0.1, 0.15) is 52.7 Å². The van der Waals surface area contributed by atoms with Gasteiger partial charge >= 0.3 is 5.97 Å². The molecule has 0 spiro atoms. The number of ether oxygens (including phenoxy) is 1. The molecule has 8 heteroatoms. The Labute approximate surface area is 193 Å². The summed E-state index contributed by atoms with van der Waals surface area (Å²) < 4.78 is 33.9. The molecule has 0 saturated heterocycles. The van der Waals surface area contributed by atoms with Crippen LogP contribution in [0.5, 0.6) is 0 Å². The maximum Gasteiger partial charge on any atom is 0.339 e. The first-order valence-electron chi connectivity index (χ1n) is 11.0. The Morgan fingerprint density at radius 1 is 1.09 bits per heavy atom. The average Bonchev–Trinajstić information content (AvgIpc) is 3.32. The quantitative estimate of drug-likeness (QED) is 0.550. The summed E-state index contributed by atoms with van der Waals surface area (Å²) in [6.07, 6.45) is 3.26. The molecule has 33 heavy (non-hydrogen) atoms. The second kappa shape index (κ2) is 9.11. The zero-order valence-corrected chi connectivity index (χ0v) is 19.9. The summed E-state index contributed by atoms with van der Waals surface area (Å²) in [5, 5.41) is 0.853. The van der Waals surface area contributed by atoms with Crippen LogP contribution < -0.4 is 5.56 Å². The molecule has 0 unspecified atom stereocenters. The van der Waals surface area contributed by atoms with E-state index in [1.54, 1.807) is 18.2 Å². The Morgan fingerprint density at radius 3 is 2.45 bits per heavy atom. The SMILES string of the molecule is COC(=O)c1ccccc1S(=O)(=O)N(Cc1cc2cc(C)c(C)cc2[nH]c1=O)C1CCCC1. The van der Waals surface area contributed by atoms with Crippen LogP contribution in [-0.2, 0) is 21.3 Å². The third-order valence-corrected chi connectivity index (χ3v) is 8.43. The number of pyridine rings is 1. The fourth-order valence-corrected chi connectivity index (χ4v) is 6.35. The summed E-state index contributed by atoms with van der Waals surface area (Å²) in [7, 11) is -2.85. The van der Waals surface area contributed by atoms with Gasteiger partial charge in [-0.1, -0.05) is 25.0 Å². The molecule has 1 aromatic heterocycles. The van der Waals surface area contributed by atoms with Gasteiger partial charge in [-0.05, 0) is 73.5 Å². The number of benzene rings is 2. The lowest BCUT2D eigenvalue weighted by atomic mass is 10.0. The number of fused-ring (bicyclic) bond motifs is 1. The van der Waals surface area contributed by atoms with Gasteiger partial charge in [-0.2, -0.15) is 4.31 Å². The van der Waals surface area contributed by atoms with E-state index in [0.29, 0.717) is 18.4 Å². The second-order valence-electron chi connectivity index (χ2n) is 8.62. The molecular formula is C25H28N2O5S. The highest BCUT2D eigenvalue weighted by molar-refractivity contribution is 7.89. The van der Waals surface area contributed by atoms with Crippen LogP contribution in [0.15, 0.2) is 52.2 Å². The van der Waals surface area contributed by atoms with Crippen molar-refractivity contribution in [3.05, 3.63) is 75.1 Å². The molecule has 7 nitrogen and oxygen atoms in total. The third-order valence-electron chi connectivity index (χ3n) is 6.47. The van der Waals surface area contributed by atoms with Crippen molar-refractivity contribution in [3.8, 4) is 0 Å². The zero-order valence-electron chi connectivity index (χ0n) is 19.1. The molecule has 1 fully saturated rings. The molecule has 1 N–H and O–H groups in total. The van der Waals surface area contributed by atoms with E-state index in [9.17, 15) is 18.0 Å². The van der Waals surface area contributed by atoms with Crippen molar-refractivity contribution >= 4 is 26.9 Å². The van der Waals surface area contributed by atoms with Gasteiger partial charge in [0.25, 0.3) is 5.56 Å². The van der Waals surface area contributed by atoms with Crippen molar-refractivity contribution in [2.24, 2.45) is 0 Å². The molecule has 3 aromatic rings. The predicted molar refractivity (Wildman–Crippen MR) is 127 cm³/mol. The molecule has 0 amide bonds. The Hall–Kier alpha value is -2.97. The number of H-pyrrole nitrogens is 1. The van der Waals surface area contributed by atoms with Crippen molar-refractivity contribution in [2.45, 2.75) is 57.0 Å². The van der Waals surface area contributed by atoms with Crippen LogP contribution in [0, 0.1) is 13.8 Å². The summed E-state index contributed by atoms with van der Waals surface area (Å²) in [6.45, 7) is 3.91. The van der Waals surface area contributed by atoms with Crippen molar-refractivity contribution in [1.82, 2.24) is 9.29 Å². The minimum atomic E-state index is -4.07. The van der Waals surface area contributed by atoms with E-state index in [1.165, 1.54) is 23.5 Å². The molecule has 0 atom stereocenters. The first-order valence-corrected chi connectivity index (χ1v) is 12.5. The minimum absolute atomic E-state index is 0.0125. The van der Waals surface area contributed by atoms with E-state index in [4.69, 9.17) is 4.74 Å². The zero-order chi connectivity index (χ0) is 23.8. The molecule has 2 aromatic carbocycles. The Balaban J connectivity index is 1.82. The topological polar surface area (TPSA) is 96.5 Å². The number of methoxy groups -OCH3 is 1. The summed E-state index contributed by atoms with van der Waals surface area (Å²) in [5.41, 5.74) is 2.93. The highest BCUT2D eigenvalue weighted by Crippen LogP contribution is 2.31. The van der Waals surface area contributed by atoms with E-state index in [2.05, 4.69) is 4.98 Å². The van der Waals surface area contributed by atoms with E-state index < -0.39 is 16.0 Å². The number of aromatic amines is 1. The van der Waals surface area contributed by atoms with E-state index in [1.807, 2.05) is 26.0 Å². The lowest BCUT2D eigenvalue weighted by Gasteiger charge is -2.28. The number of nitrogens with zero attached hydrogens (tertiary/aromatic N) is 1. The predicted octanol–water partition coefficient (Wildman–Crippen LogP) is 4.07. The number of hydrogen-bond acceptors (Lipinski definition) is 5. The number of carbonyl (C=O) groups is 1. The molecule has 174 valence electrons. The van der Waals surface area contributed by atoms with Gasteiger partial charge in [0.2, 0.25) is 10.0 Å². The smallest absolute Gasteiger partial charge is 0.339 e. The number of hydrogen-bond donors (Lipinski definition) is 1. The summed E-state index contributed by atoms with van der Waals surface area (Å²) in [5.74, 6) is -0.713. The number of aryl methyl sites for hydroxylation is 2. The van der Waals surface area contributed by atoms with Gasteiger partial charge in [-0.25, -0.2) is 13.2 Å². The Kier molecular flexibility index (Phi) is 6.41. The monoisotopic (exact) mass is 468 g/mol. The number of rotatable bonds is 6. The molecule has 4 rings (SSSR count). The molecule has 0 bridgehead atoms. The van der Waals surface area contributed by atoms with Crippen LogP contribution in [0.25, 0.3) is 10.9 Å². The van der Waals surface area contributed by atoms with E-state index in [0.717, 1.165) is 34.9 Å². The lowest BCUT2D eigenvalue weighted by molar-refractivity contribution is 0.0596. The highest BCUT2D eigenvalue weighted by Gasteiger charge is 2.36. The van der Waals surface area contributed by atoms with Crippen LogP contribution in [0.3, 0.4) is 0 Å². The van der Waals surface area contributed by atoms with Crippen molar-refractivity contribution in [1.29, 1.82) is 0 Å². The van der Waals surface area contributed by atoms with Crippen molar-refractivity contribution in [2.75, 3.05) is 7.11 Å². The lowest BCUT2D eigenvalue weighted by Crippen LogP contribution is -2.40. The van der Waals surface area contributed by atoms with Crippen LogP contribution >= 0.6 is 0 Å². The summed E-state index contributed by atoms with van der Waals surface area (Å²) in [4.78, 5) is 28.0. The van der Waals surface area contributed by atoms with Gasteiger partial charge in [-0.3, -0.25) is 4.79 Å². The van der Waals surface area contributed by atoms with E-state index >= 15 is 0 Å². The van der Waals surface area contributed by atoms with Crippen molar-refractivity contribution in [3.63, 3.8) is 0 Å². The van der Waals surface area contributed by atoms with Gasteiger partial charge < -0.3 is 9.72 Å². The molecule has 1 heterocycles. The van der Waals surface area contributed by atoms with Crippen LogP contribution in [0.4, 0.5) is 0 Å². The maximum absolute atomic E-state index is 13.8. The summed E-state index contributed by atoms with van der Waals surface area (Å²) in [6, 6.07) is 11.5. The highest BCUT2D eigenvalue weighted by atomic mass is 32.2. The fourth-order valence-electron chi connectivity index (χ4n) is 4.51. The molecule has 1 aliphatic rings. The Bertz CT molecular complexity index is 1370. The van der Waals surface area contributed by atoms with Crippen LogP contribution in [0.2, 0.25) is 0 Å². The van der Waals surface area contributed by atoms with Crippen LogP contribution in [-0.4, -0.2) is 36.8 Å². The first-order chi connectivity index (χ1) is 15.7. The first kappa shape index (κ1) is 23.2. The Morgan fingerprint density at radius 2 is 1.76 bits per heavy atom. The van der Waals surface area contributed by atoms with Crippen molar-refractivity contribution < 1.29 is 17.9 Å². The number of esters is 1. The number of aromatic nitrogens is 1. The second-order valence-corrected chi connectivity index (χ2v) is 10.5. The third kappa shape index (κ3) is 4.45. The standard InChI is InChI=1S/C25H28N2O5S/c1-16-12-18-14-19(24(28)26-22(18)13-17(16)2)15-27(20-8-4-5-9-20)33(30,31)23-11-7-6-10-21(23)25(29)32-3/h6-7,10-14,20H,4-5,8-9,15H2,1-3H3,(H,26,28). The average molecular weight is 469 g/mol. The largest absolute Gasteiger partial charge is 0.465 e. The fraction of sp³-hybridized carbons (Fsp3) is 0.360. The number of sulfonamides is 1. The van der Waals surface area contributed by atoms with Gasteiger partial charge in [0.15, 0.2) is 0 Å².